The van der Waals surface area contributed by atoms with E-state index in [1.165, 1.54) is 23.2 Å². The van der Waals surface area contributed by atoms with E-state index in [4.69, 9.17) is 4.42 Å². The molecule has 3 heterocycles. The largest absolute Gasteiger partial charge is 0.459 e. The molecule has 0 bridgehead atoms. The van der Waals surface area contributed by atoms with Crippen LogP contribution in [0.5, 0.6) is 0 Å². The molecule has 0 saturated heterocycles. The van der Waals surface area contributed by atoms with Crippen molar-refractivity contribution in [2.24, 2.45) is 0 Å². The Balaban J connectivity index is 1.35. The number of nitrogens with one attached hydrogen (secondary N) is 1. The van der Waals surface area contributed by atoms with Gasteiger partial charge in [0.1, 0.15) is 0 Å². The van der Waals surface area contributed by atoms with Gasteiger partial charge in [0.05, 0.1) is 28.9 Å². The molecule has 4 rings (SSSR count). The van der Waals surface area contributed by atoms with Gasteiger partial charge in [0.15, 0.2) is 5.76 Å². The van der Waals surface area contributed by atoms with Crippen LogP contribution < -0.4 is 5.32 Å². The lowest BCUT2D eigenvalue weighted by atomic mass is 10.2. The summed E-state index contributed by atoms with van der Waals surface area (Å²) in [7, 11) is 1.75. The van der Waals surface area contributed by atoms with Gasteiger partial charge < -0.3 is 14.6 Å². The number of carbonyl (C=O) groups excluding carboxylic acids is 2. The van der Waals surface area contributed by atoms with Gasteiger partial charge in [0.25, 0.3) is 11.8 Å². The molecule has 152 valence electrons. The van der Waals surface area contributed by atoms with E-state index >= 15 is 0 Å². The summed E-state index contributed by atoms with van der Waals surface area (Å²) >= 11 is 1.23. The summed E-state index contributed by atoms with van der Waals surface area (Å²) in [5.74, 6) is -0.241. The van der Waals surface area contributed by atoms with E-state index in [2.05, 4.69) is 22.5 Å². The maximum atomic E-state index is 12.8. The molecule has 3 aromatic heterocycles. The fraction of sp³-hybridized carbons (Fsp3) is 0.136. The number of rotatable bonds is 7. The number of anilines is 1. The van der Waals surface area contributed by atoms with Crippen LogP contribution in [-0.4, -0.2) is 33.5 Å². The highest BCUT2D eigenvalue weighted by Crippen LogP contribution is 2.24. The normalized spacial score (nSPS) is 10.7. The van der Waals surface area contributed by atoms with Crippen molar-refractivity contribution in [1.29, 1.82) is 0 Å². The number of carbonyl (C=O) groups is 2. The van der Waals surface area contributed by atoms with Gasteiger partial charge in [-0.3, -0.25) is 14.3 Å². The van der Waals surface area contributed by atoms with Gasteiger partial charge in [-0.05, 0) is 29.8 Å². The highest BCUT2D eigenvalue weighted by atomic mass is 32.1. The average Bonchev–Trinajstić information content (AvgIpc) is 3.50. The van der Waals surface area contributed by atoms with Crippen molar-refractivity contribution in [3.63, 3.8) is 0 Å². The molecule has 0 saturated carbocycles. The van der Waals surface area contributed by atoms with E-state index in [9.17, 15) is 9.59 Å². The molecule has 0 spiro atoms. The number of aromatic nitrogens is 2. The zero-order chi connectivity index (χ0) is 20.9. The van der Waals surface area contributed by atoms with Crippen LogP contribution in [0.1, 0.15) is 31.4 Å². The van der Waals surface area contributed by atoms with Crippen molar-refractivity contribution < 1.29 is 14.0 Å². The first-order valence-electron chi connectivity index (χ1n) is 9.34. The Morgan fingerprint density at radius 2 is 1.93 bits per heavy atom. The van der Waals surface area contributed by atoms with Crippen molar-refractivity contribution in [2.75, 3.05) is 12.4 Å². The molecule has 1 N–H and O–H groups in total. The third-order valence-corrected chi connectivity index (χ3v) is 5.43. The van der Waals surface area contributed by atoms with Crippen LogP contribution in [-0.2, 0) is 13.1 Å². The number of furan rings is 1. The van der Waals surface area contributed by atoms with Crippen molar-refractivity contribution in [1.82, 2.24) is 14.7 Å². The third-order valence-electron chi connectivity index (χ3n) is 4.44. The number of hydrogen-bond donors (Lipinski definition) is 1. The molecule has 8 heteroatoms. The molecule has 0 fully saturated rings. The lowest BCUT2D eigenvalue weighted by Crippen LogP contribution is -2.25. The van der Waals surface area contributed by atoms with E-state index in [1.54, 1.807) is 42.4 Å². The molecule has 0 radical (unpaired) electrons. The Morgan fingerprint density at radius 3 is 2.70 bits per heavy atom. The first kappa shape index (κ1) is 19.7. The molecule has 0 atom stereocenters. The Kier molecular flexibility index (Phi) is 5.76. The molecule has 1 aromatic carbocycles. The summed E-state index contributed by atoms with van der Waals surface area (Å²) < 4.78 is 6.93. The van der Waals surface area contributed by atoms with Gasteiger partial charge >= 0.3 is 0 Å². The lowest BCUT2D eigenvalue weighted by molar-refractivity contribution is 0.0789. The molecule has 0 aliphatic heterocycles. The minimum absolute atomic E-state index is 0.116. The summed E-state index contributed by atoms with van der Waals surface area (Å²) in [5.41, 5.74) is 2.11. The second-order valence-electron chi connectivity index (χ2n) is 6.79. The van der Waals surface area contributed by atoms with Crippen LogP contribution in [0, 0.1) is 0 Å². The Labute approximate surface area is 177 Å². The fourth-order valence-corrected chi connectivity index (χ4v) is 3.88. The minimum Gasteiger partial charge on any atom is -0.459 e. The molecule has 0 unspecified atom stereocenters. The second kappa shape index (κ2) is 8.79. The van der Waals surface area contributed by atoms with Crippen molar-refractivity contribution in [3.05, 3.63) is 95.0 Å². The average molecular weight is 420 g/mol. The van der Waals surface area contributed by atoms with Gasteiger partial charge in [-0.25, -0.2) is 0 Å². The standard InChI is InChI=1S/C22H20N4O3S/c1-25(13-17-12-23-26(15-17)14-16-6-3-2-4-7-16)22(28)19-9-10-20(30-19)24-21(27)18-8-5-11-29-18/h2-12,15H,13-14H2,1H3,(H,24,27). The first-order valence-corrected chi connectivity index (χ1v) is 10.2. The highest BCUT2D eigenvalue weighted by Gasteiger charge is 2.17. The monoisotopic (exact) mass is 420 g/mol. The Morgan fingerprint density at radius 1 is 1.10 bits per heavy atom. The number of amides is 2. The van der Waals surface area contributed by atoms with Crippen LogP contribution in [0.25, 0.3) is 0 Å². The highest BCUT2D eigenvalue weighted by molar-refractivity contribution is 7.18. The predicted octanol–water partition coefficient (Wildman–Crippen LogP) is 4.11. The summed E-state index contributed by atoms with van der Waals surface area (Å²) in [5, 5.41) is 7.71. The summed E-state index contributed by atoms with van der Waals surface area (Å²) in [6, 6.07) is 16.7. The first-order chi connectivity index (χ1) is 14.6. The minimum atomic E-state index is -0.347. The molecular formula is C22H20N4O3S. The summed E-state index contributed by atoms with van der Waals surface area (Å²) in [6.07, 6.45) is 5.16. The van der Waals surface area contributed by atoms with Gasteiger partial charge in [-0.15, -0.1) is 11.3 Å². The number of benzene rings is 1. The number of thiophene rings is 1. The SMILES string of the molecule is CN(Cc1cnn(Cc2ccccc2)c1)C(=O)c1ccc(NC(=O)c2ccco2)s1. The van der Waals surface area contributed by atoms with E-state index < -0.39 is 0 Å². The smallest absolute Gasteiger partial charge is 0.291 e. The number of nitrogens with zero attached hydrogens (tertiary/aromatic N) is 3. The number of hydrogen-bond acceptors (Lipinski definition) is 5. The van der Waals surface area contributed by atoms with E-state index in [1.807, 2.05) is 29.1 Å². The van der Waals surface area contributed by atoms with Crippen LogP contribution in [0.2, 0.25) is 0 Å². The third kappa shape index (κ3) is 4.66. The van der Waals surface area contributed by atoms with Gasteiger partial charge in [0.2, 0.25) is 0 Å². The molecular weight excluding hydrogens is 400 g/mol. The van der Waals surface area contributed by atoms with Crippen LogP contribution in [0.15, 0.2) is 77.7 Å². The molecule has 30 heavy (non-hydrogen) atoms. The molecule has 4 aromatic rings. The topological polar surface area (TPSA) is 80.4 Å². The quantitative estimate of drug-likeness (QED) is 0.488. The second-order valence-corrected chi connectivity index (χ2v) is 7.87. The van der Waals surface area contributed by atoms with Crippen LogP contribution >= 0.6 is 11.3 Å². The maximum absolute atomic E-state index is 12.8. The van der Waals surface area contributed by atoms with Crippen molar-refractivity contribution >= 4 is 28.2 Å². The zero-order valence-corrected chi connectivity index (χ0v) is 17.1. The fourth-order valence-electron chi connectivity index (χ4n) is 2.98. The van der Waals surface area contributed by atoms with Gasteiger partial charge in [-0.1, -0.05) is 30.3 Å². The van der Waals surface area contributed by atoms with E-state index in [0.29, 0.717) is 23.0 Å². The molecule has 0 aliphatic carbocycles. The molecule has 2 amide bonds. The van der Waals surface area contributed by atoms with Crippen LogP contribution in [0.4, 0.5) is 5.00 Å². The Hall–Kier alpha value is -3.65. The van der Waals surface area contributed by atoms with E-state index in [0.717, 1.165) is 5.56 Å². The van der Waals surface area contributed by atoms with Crippen LogP contribution in [0.3, 0.4) is 0 Å². The summed E-state index contributed by atoms with van der Waals surface area (Å²) in [4.78, 5) is 27.0. The maximum Gasteiger partial charge on any atom is 0.291 e. The Bertz CT molecular complexity index is 1130. The molecule has 7 nitrogen and oxygen atoms in total. The molecule has 0 aliphatic rings. The lowest BCUT2D eigenvalue weighted by Gasteiger charge is -2.14. The predicted molar refractivity (Wildman–Crippen MR) is 115 cm³/mol. The van der Waals surface area contributed by atoms with E-state index in [-0.39, 0.29) is 17.6 Å². The summed E-state index contributed by atoms with van der Waals surface area (Å²) in [6.45, 7) is 1.13. The van der Waals surface area contributed by atoms with Crippen molar-refractivity contribution in [3.8, 4) is 0 Å². The zero-order valence-electron chi connectivity index (χ0n) is 16.3. The van der Waals surface area contributed by atoms with Crippen molar-refractivity contribution in [2.45, 2.75) is 13.1 Å². The van der Waals surface area contributed by atoms with Gasteiger partial charge in [0, 0.05) is 25.4 Å². The van der Waals surface area contributed by atoms with Gasteiger partial charge in [-0.2, -0.15) is 5.10 Å².